The molecule has 3 N–H and O–H groups in total. The fourth-order valence-corrected chi connectivity index (χ4v) is 0.992. The molecule has 5 heteroatoms. The van der Waals surface area contributed by atoms with E-state index >= 15 is 0 Å². The minimum absolute atomic E-state index is 0.0243. The summed E-state index contributed by atoms with van der Waals surface area (Å²) in [5.41, 5.74) is 5.38. The highest BCUT2D eigenvalue weighted by atomic mass is 35.5. The van der Waals surface area contributed by atoms with Gasteiger partial charge in [0.25, 0.3) is 0 Å². The zero-order valence-corrected chi connectivity index (χ0v) is 7.55. The van der Waals surface area contributed by atoms with E-state index in [4.69, 9.17) is 17.3 Å². The Morgan fingerprint density at radius 3 is 2.75 bits per heavy atom. The fraction of sp³-hybridized carbons (Fsp3) is 0. The number of nitrogens with two attached hydrogens (primary N) is 1. The second-order valence-electron chi connectivity index (χ2n) is 2.11. The molecule has 1 aromatic rings. The van der Waals surface area contributed by atoms with Gasteiger partial charge in [-0.25, -0.2) is 4.39 Å². The van der Waals surface area contributed by atoms with Crippen LogP contribution in [0.1, 0.15) is 0 Å². The van der Waals surface area contributed by atoms with Crippen LogP contribution < -0.4 is 11.1 Å². The monoisotopic (exact) mass is 204 g/mol. The van der Waals surface area contributed by atoms with Crippen LogP contribution in [0.25, 0.3) is 0 Å². The largest absolute Gasteiger partial charge is 0.376 e. The van der Waals surface area contributed by atoms with E-state index in [9.17, 15) is 4.39 Å². The number of anilines is 1. The Labute approximate surface area is 79.5 Å². The lowest BCUT2D eigenvalue weighted by atomic mass is 10.3. The van der Waals surface area contributed by atoms with Crippen LogP contribution in [0.3, 0.4) is 0 Å². The first-order valence-corrected chi connectivity index (χ1v) is 3.90. The third kappa shape index (κ3) is 2.32. The van der Waals surface area contributed by atoms with Crippen molar-refractivity contribution >= 4 is 34.6 Å². The van der Waals surface area contributed by atoms with Gasteiger partial charge in [-0.3, -0.25) is 0 Å². The van der Waals surface area contributed by atoms with Crippen LogP contribution in [-0.2, 0) is 0 Å². The van der Waals surface area contributed by atoms with Crippen LogP contribution in [0.2, 0.25) is 5.02 Å². The summed E-state index contributed by atoms with van der Waals surface area (Å²) in [6.07, 6.45) is 0. The Bertz CT molecular complexity index is 316. The lowest BCUT2D eigenvalue weighted by molar-refractivity contribution is 0.632. The Balaban J connectivity index is 2.93. The van der Waals surface area contributed by atoms with Gasteiger partial charge in [0.2, 0.25) is 0 Å². The second-order valence-corrected chi connectivity index (χ2v) is 2.99. The van der Waals surface area contributed by atoms with Gasteiger partial charge in [-0.2, -0.15) is 0 Å². The van der Waals surface area contributed by atoms with Crippen molar-refractivity contribution in [3.05, 3.63) is 29.0 Å². The standard InChI is InChI=1S/C7H6ClFN2S/c8-4-1-2-6(5(9)3-4)11-7(10)12/h1-3H,(H3,10,11,12). The first kappa shape index (κ1) is 9.22. The first-order valence-electron chi connectivity index (χ1n) is 3.11. The molecule has 0 aliphatic carbocycles. The van der Waals surface area contributed by atoms with E-state index < -0.39 is 5.82 Å². The van der Waals surface area contributed by atoms with Gasteiger partial charge in [0, 0.05) is 5.02 Å². The molecule has 0 amide bonds. The lowest BCUT2D eigenvalue weighted by Crippen LogP contribution is -2.19. The number of halogens is 2. The van der Waals surface area contributed by atoms with Crippen LogP contribution in [0.4, 0.5) is 10.1 Å². The zero-order chi connectivity index (χ0) is 9.14. The first-order chi connectivity index (χ1) is 5.59. The zero-order valence-electron chi connectivity index (χ0n) is 5.97. The summed E-state index contributed by atoms with van der Waals surface area (Å²) in [7, 11) is 0. The molecule has 64 valence electrons. The quantitative estimate of drug-likeness (QED) is 0.689. The van der Waals surface area contributed by atoms with Gasteiger partial charge in [0.1, 0.15) is 5.82 Å². The minimum atomic E-state index is -0.477. The summed E-state index contributed by atoms with van der Waals surface area (Å²) in [5, 5.41) is 2.83. The van der Waals surface area contributed by atoms with Crippen molar-refractivity contribution in [1.29, 1.82) is 0 Å². The van der Waals surface area contributed by atoms with Crippen molar-refractivity contribution in [2.75, 3.05) is 5.32 Å². The number of benzene rings is 1. The van der Waals surface area contributed by atoms with E-state index in [-0.39, 0.29) is 10.8 Å². The van der Waals surface area contributed by atoms with Crippen LogP contribution >= 0.6 is 23.8 Å². The Morgan fingerprint density at radius 1 is 1.58 bits per heavy atom. The number of nitrogens with one attached hydrogen (secondary N) is 1. The molecular formula is C7H6ClFN2S. The number of thiocarbonyl (C=S) groups is 1. The normalized spacial score (nSPS) is 9.50. The third-order valence-electron chi connectivity index (χ3n) is 1.19. The van der Waals surface area contributed by atoms with E-state index in [1.165, 1.54) is 12.1 Å². The third-order valence-corrected chi connectivity index (χ3v) is 1.53. The lowest BCUT2D eigenvalue weighted by Gasteiger charge is -2.04. The SMILES string of the molecule is NC(=S)Nc1ccc(Cl)cc1F. The van der Waals surface area contributed by atoms with E-state index in [0.29, 0.717) is 5.02 Å². The highest BCUT2D eigenvalue weighted by Gasteiger charge is 2.01. The summed E-state index contributed by atoms with van der Waals surface area (Å²) >= 11 is 10.1. The molecular weight excluding hydrogens is 199 g/mol. The van der Waals surface area contributed by atoms with Crippen molar-refractivity contribution in [2.45, 2.75) is 0 Å². The second kappa shape index (κ2) is 3.69. The maximum Gasteiger partial charge on any atom is 0.168 e. The predicted molar refractivity (Wildman–Crippen MR) is 51.8 cm³/mol. The maximum atomic E-state index is 12.9. The molecule has 0 atom stereocenters. The molecule has 0 bridgehead atoms. The van der Waals surface area contributed by atoms with Gasteiger partial charge >= 0.3 is 0 Å². The highest BCUT2D eigenvalue weighted by molar-refractivity contribution is 7.80. The summed E-state index contributed by atoms with van der Waals surface area (Å²) in [5.74, 6) is -0.477. The number of hydrogen-bond acceptors (Lipinski definition) is 1. The van der Waals surface area contributed by atoms with E-state index in [0.717, 1.165) is 0 Å². The van der Waals surface area contributed by atoms with Gasteiger partial charge in [0.15, 0.2) is 5.11 Å². The van der Waals surface area contributed by atoms with E-state index in [2.05, 4.69) is 17.5 Å². The number of rotatable bonds is 1. The minimum Gasteiger partial charge on any atom is -0.376 e. The van der Waals surface area contributed by atoms with Gasteiger partial charge in [-0.1, -0.05) is 11.6 Å². The van der Waals surface area contributed by atoms with Crippen LogP contribution in [0, 0.1) is 5.82 Å². The predicted octanol–water partition coefficient (Wildman–Crippen LogP) is 2.13. The van der Waals surface area contributed by atoms with Crippen LogP contribution in [-0.4, -0.2) is 5.11 Å². The van der Waals surface area contributed by atoms with Crippen molar-refractivity contribution < 1.29 is 4.39 Å². The van der Waals surface area contributed by atoms with Crippen molar-refractivity contribution in [2.24, 2.45) is 5.73 Å². The van der Waals surface area contributed by atoms with Gasteiger partial charge < -0.3 is 11.1 Å². The molecule has 1 aromatic carbocycles. The molecule has 0 saturated carbocycles. The van der Waals surface area contributed by atoms with Gasteiger partial charge in [-0.15, -0.1) is 0 Å². The average molecular weight is 205 g/mol. The molecule has 0 aliphatic heterocycles. The Hall–Kier alpha value is -0.870. The summed E-state index contributed by atoms with van der Waals surface area (Å²) in [6, 6.07) is 4.20. The summed E-state index contributed by atoms with van der Waals surface area (Å²) in [4.78, 5) is 0. The van der Waals surface area contributed by atoms with Crippen molar-refractivity contribution in [3.8, 4) is 0 Å². The summed E-state index contributed by atoms with van der Waals surface area (Å²) in [6.45, 7) is 0. The molecule has 1 rings (SSSR count). The van der Waals surface area contributed by atoms with E-state index in [1.807, 2.05) is 0 Å². The van der Waals surface area contributed by atoms with Crippen molar-refractivity contribution in [1.82, 2.24) is 0 Å². The van der Waals surface area contributed by atoms with Gasteiger partial charge in [-0.05, 0) is 30.4 Å². The molecule has 12 heavy (non-hydrogen) atoms. The fourth-order valence-electron chi connectivity index (χ4n) is 0.724. The molecule has 0 radical (unpaired) electrons. The summed E-state index contributed by atoms with van der Waals surface area (Å²) < 4.78 is 12.9. The highest BCUT2D eigenvalue weighted by Crippen LogP contribution is 2.18. The molecule has 0 spiro atoms. The van der Waals surface area contributed by atoms with Gasteiger partial charge in [0.05, 0.1) is 5.69 Å². The Kier molecular flexibility index (Phi) is 2.83. The molecule has 0 aromatic heterocycles. The molecule has 0 unspecified atom stereocenters. The van der Waals surface area contributed by atoms with Crippen molar-refractivity contribution in [3.63, 3.8) is 0 Å². The molecule has 2 nitrogen and oxygen atoms in total. The topological polar surface area (TPSA) is 38.0 Å². The molecule has 0 saturated heterocycles. The molecule has 0 heterocycles. The van der Waals surface area contributed by atoms with Crippen LogP contribution in [0.5, 0.6) is 0 Å². The van der Waals surface area contributed by atoms with E-state index in [1.54, 1.807) is 6.07 Å². The van der Waals surface area contributed by atoms with Crippen LogP contribution in [0.15, 0.2) is 18.2 Å². The number of hydrogen-bond donors (Lipinski definition) is 2. The average Bonchev–Trinajstić information content (AvgIpc) is 1.94. The molecule has 0 aliphatic rings. The molecule has 0 fully saturated rings. The smallest absolute Gasteiger partial charge is 0.168 e. The maximum absolute atomic E-state index is 12.9. The Morgan fingerprint density at radius 2 is 2.25 bits per heavy atom.